The van der Waals surface area contributed by atoms with Crippen LogP contribution in [0.25, 0.3) is 0 Å². The lowest BCUT2D eigenvalue weighted by molar-refractivity contribution is 0.00138. The van der Waals surface area contributed by atoms with Gasteiger partial charge < -0.3 is 19.5 Å². The number of hydrogen-bond acceptors (Lipinski definition) is 5. The normalized spacial score (nSPS) is 18.1. The Morgan fingerprint density at radius 3 is 2.21 bits per heavy atom. The van der Waals surface area contributed by atoms with Crippen molar-refractivity contribution in [3.05, 3.63) is 29.3 Å². The van der Waals surface area contributed by atoms with Crippen LogP contribution in [0.5, 0.6) is 5.75 Å². The van der Waals surface area contributed by atoms with Gasteiger partial charge in [-0.05, 0) is 35.1 Å². The molecule has 0 radical (unpaired) electrons. The fraction of sp³-hybridized carbons (Fsp3) is 0.750. The molecule has 2 rings (SSSR count). The summed E-state index contributed by atoms with van der Waals surface area (Å²) >= 11 is 0. The summed E-state index contributed by atoms with van der Waals surface area (Å²) in [5.41, 5.74) is 2.66. The fourth-order valence-electron chi connectivity index (χ4n) is 3.52. The van der Waals surface area contributed by atoms with Gasteiger partial charge in [-0.15, -0.1) is 0 Å². The molecule has 1 heterocycles. The van der Waals surface area contributed by atoms with Crippen molar-refractivity contribution in [3.8, 4) is 5.75 Å². The van der Waals surface area contributed by atoms with Gasteiger partial charge in [0.25, 0.3) is 0 Å². The maximum Gasteiger partial charge on any atom is 0.123 e. The SMILES string of the molecule is CN1CCN(C[C@H](O)COCCOc2ccc(C(C)(C)C)cc2C(C)(C)C)CC1. The van der Waals surface area contributed by atoms with Crippen LogP contribution in [0, 0.1) is 0 Å². The van der Waals surface area contributed by atoms with Crippen molar-refractivity contribution in [2.24, 2.45) is 0 Å². The first kappa shape index (κ1) is 24.1. The third-order valence-electron chi connectivity index (χ3n) is 5.51. The first-order valence-electron chi connectivity index (χ1n) is 10.9. The molecule has 5 nitrogen and oxygen atoms in total. The Hall–Kier alpha value is -1.14. The summed E-state index contributed by atoms with van der Waals surface area (Å²) in [5.74, 6) is 0.923. The minimum absolute atomic E-state index is 0.0101. The third-order valence-corrected chi connectivity index (χ3v) is 5.51. The van der Waals surface area contributed by atoms with Crippen molar-refractivity contribution in [2.45, 2.75) is 58.5 Å². The average molecular weight is 407 g/mol. The molecule has 0 unspecified atom stereocenters. The van der Waals surface area contributed by atoms with Crippen molar-refractivity contribution in [1.29, 1.82) is 0 Å². The Labute approximate surface area is 178 Å². The standard InChI is InChI=1S/C24H42N2O3/c1-23(2,3)19-8-9-22(21(16-19)24(4,5)6)29-15-14-28-18-20(27)17-26-12-10-25(7)11-13-26/h8-9,16,20,27H,10-15,17-18H2,1-7H3/t20-/m0/s1. The van der Waals surface area contributed by atoms with Crippen LogP contribution >= 0.6 is 0 Å². The van der Waals surface area contributed by atoms with E-state index in [-0.39, 0.29) is 10.8 Å². The second-order valence-electron chi connectivity index (χ2n) is 10.4. The van der Waals surface area contributed by atoms with Gasteiger partial charge in [0.15, 0.2) is 0 Å². The number of nitrogens with zero attached hydrogens (tertiary/aromatic N) is 2. The van der Waals surface area contributed by atoms with E-state index in [0.29, 0.717) is 26.4 Å². The van der Waals surface area contributed by atoms with Crippen LogP contribution in [0.1, 0.15) is 52.7 Å². The molecule has 1 aliphatic rings. The molecule has 0 bridgehead atoms. The summed E-state index contributed by atoms with van der Waals surface area (Å²) in [4.78, 5) is 4.62. The lowest BCUT2D eigenvalue weighted by atomic mass is 9.80. The Morgan fingerprint density at radius 1 is 0.966 bits per heavy atom. The van der Waals surface area contributed by atoms with Gasteiger partial charge in [-0.2, -0.15) is 0 Å². The molecule has 29 heavy (non-hydrogen) atoms. The monoisotopic (exact) mass is 406 g/mol. The number of piperazine rings is 1. The predicted molar refractivity (Wildman–Crippen MR) is 120 cm³/mol. The maximum absolute atomic E-state index is 10.2. The highest BCUT2D eigenvalue weighted by molar-refractivity contribution is 5.43. The van der Waals surface area contributed by atoms with Crippen LogP contribution in [0.2, 0.25) is 0 Å². The van der Waals surface area contributed by atoms with Gasteiger partial charge in [0.2, 0.25) is 0 Å². The number of β-amino-alcohol motifs (C(OH)–C–C–N with tert-alkyl or cyclic N) is 1. The van der Waals surface area contributed by atoms with E-state index in [0.717, 1.165) is 31.9 Å². The number of rotatable bonds is 8. The van der Waals surface area contributed by atoms with E-state index >= 15 is 0 Å². The van der Waals surface area contributed by atoms with Crippen molar-refractivity contribution in [3.63, 3.8) is 0 Å². The van der Waals surface area contributed by atoms with Gasteiger partial charge in [0.05, 0.1) is 19.3 Å². The van der Waals surface area contributed by atoms with Gasteiger partial charge >= 0.3 is 0 Å². The quantitative estimate of drug-likeness (QED) is 0.671. The summed E-state index contributed by atoms with van der Waals surface area (Å²) in [6.45, 7) is 19.5. The molecular weight excluding hydrogens is 364 g/mol. The van der Waals surface area contributed by atoms with Crippen molar-refractivity contribution in [2.75, 3.05) is 59.6 Å². The Kier molecular flexibility index (Phi) is 8.53. The highest BCUT2D eigenvalue weighted by Gasteiger charge is 2.23. The van der Waals surface area contributed by atoms with E-state index in [4.69, 9.17) is 9.47 Å². The predicted octanol–water partition coefficient (Wildman–Crippen LogP) is 3.29. The molecule has 1 aliphatic heterocycles. The molecule has 166 valence electrons. The van der Waals surface area contributed by atoms with E-state index in [1.54, 1.807) is 0 Å². The molecular formula is C24H42N2O3. The smallest absolute Gasteiger partial charge is 0.123 e. The number of benzene rings is 1. The van der Waals surface area contributed by atoms with Gasteiger partial charge in [-0.25, -0.2) is 0 Å². The van der Waals surface area contributed by atoms with Crippen LogP contribution in [0.3, 0.4) is 0 Å². The second kappa shape index (κ2) is 10.3. The van der Waals surface area contributed by atoms with E-state index in [9.17, 15) is 5.11 Å². The van der Waals surface area contributed by atoms with Crippen LogP contribution in [-0.2, 0) is 15.6 Å². The maximum atomic E-state index is 10.2. The first-order chi connectivity index (χ1) is 13.5. The van der Waals surface area contributed by atoms with E-state index in [1.165, 1.54) is 11.1 Å². The zero-order chi connectivity index (χ0) is 21.7. The largest absolute Gasteiger partial charge is 0.491 e. The number of hydrogen-bond donors (Lipinski definition) is 1. The minimum atomic E-state index is -0.449. The lowest BCUT2D eigenvalue weighted by Crippen LogP contribution is -2.47. The van der Waals surface area contributed by atoms with Crippen molar-refractivity contribution >= 4 is 0 Å². The molecule has 0 aliphatic carbocycles. The van der Waals surface area contributed by atoms with Crippen molar-refractivity contribution in [1.82, 2.24) is 9.80 Å². The van der Waals surface area contributed by atoms with Gasteiger partial charge in [0.1, 0.15) is 12.4 Å². The van der Waals surface area contributed by atoms with Crippen LogP contribution in [0.4, 0.5) is 0 Å². The van der Waals surface area contributed by atoms with Gasteiger partial charge in [-0.3, -0.25) is 4.90 Å². The Balaban J connectivity index is 1.78. The lowest BCUT2D eigenvalue weighted by Gasteiger charge is -2.33. The molecule has 1 fully saturated rings. The fourth-order valence-corrected chi connectivity index (χ4v) is 3.52. The molecule has 0 amide bonds. The minimum Gasteiger partial charge on any atom is -0.491 e. The van der Waals surface area contributed by atoms with Gasteiger partial charge in [-0.1, -0.05) is 53.7 Å². The van der Waals surface area contributed by atoms with Crippen LogP contribution in [0.15, 0.2) is 18.2 Å². The van der Waals surface area contributed by atoms with E-state index in [2.05, 4.69) is 76.6 Å². The number of likely N-dealkylation sites (N-methyl/N-ethyl adjacent to an activating group) is 1. The summed E-state index contributed by atoms with van der Waals surface area (Å²) in [7, 11) is 2.14. The molecule has 0 spiro atoms. The zero-order valence-corrected chi connectivity index (χ0v) is 19.6. The number of ether oxygens (including phenoxy) is 2. The first-order valence-corrected chi connectivity index (χ1v) is 10.9. The summed E-state index contributed by atoms with van der Waals surface area (Å²) in [5, 5.41) is 10.2. The molecule has 1 aromatic carbocycles. The molecule has 0 aromatic heterocycles. The summed E-state index contributed by atoms with van der Waals surface area (Å²) in [6, 6.07) is 6.52. The summed E-state index contributed by atoms with van der Waals surface area (Å²) in [6.07, 6.45) is -0.449. The van der Waals surface area contributed by atoms with Crippen LogP contribution < -0.4 is 4.74 Å². The van der Waals surface area contributed by atoms with E-state index in [1.807, 2.05) is 0 Å². The Bertz CT molecular complexity index is 626. The number of aliphatic hydroxyl groups is 1. The van der Waals surface area contributed by atoms with Crippen LogP contribution in [-0.4, -0.2) is 80.6 Å². The van der Waals surface area contributed by atoms with E-state index < -0.39 is 6.10 Å². The zero-order valence-electron chi connectivity index (χ0n) is 19.6. The third kappa shape index (κ3) is 7.89. The van der Waals surface area contributed by atoms with Gasteiger partial charge in [0, 0.05) is 32.7 Å². The molecule has 1 atom stereocenters. The number of aliphatic hydroxyl groups excluding tert-OH is 1. The molecule has 5 heteroatoms. The highest BCUT2D eigenvalue weighted by Crippen LogP contribution is 2.35. The topological polar surface area (TPSA) is 45.2 Å². The molecule has 1 saturated heterocycles. The average Bonchev–Trinajstić information content (AvgIpc) is 2.62. The Morgan fingerprint density at radius 2 is 1.62 bits per heavy atom. The second-order valence-corrected chi connectivity index (χ2v) is 10.4. The molecule has 1 N–H and O–H groups in total. The molecule has 0 saturated carbocycles. The van der Waals surface area contributed by atoms with Crippen molar-refractivity contribution < 1.29 is 14.6 Å². The summed E-state index contributed by atoms with van der Waals surface area (Å²) < 4.78 is 11.7. The highest BCUT2D eigenvalue weighted by atomic mass is 16.5. The molecule has 1 aromatic rings.